The molecule has 117 heavy (non-hydrogen) atoms. The SMILES string of the molecule is COc1ccc(C[C@@H]2NC(=O)[C@H](CCNC(=N)N)NC(=O)[C@H](CCC(N)=O)NC(=O)[C@H](Cc3c[nH]c4ccccc34)NC(=O)C([C@@H](C)O)NC(=O)[C@H](CC(N)=O)NC(=O)C(N)CCCCCNC(=O)CC[C@H](C(=O)N[C@@H](CC(N)=O)C(=O)N[C@@H](CC(N)=O)C(=O)O)NC(=O)C(C)(C)NC(=O)[C@H](Cc3ccc4ccccc4c3)NC2=O)cc1. The molecule has 6 rings (SSSR count). The predicted octanol–water partition coefficient (Wildman–Crippen LogP) is -5.87. The highest BCUT2D eigenvalue weighted by molar-refractivity contribution is 6.02. The minimum atomic E-state index is -2.13. The number of aliphatic hydroxyl groups excluding tert-OH is 1. The summed E-state index contributed by atoms with van der Waals surface area (Å²) in [5, 5.41) is 62.9. The van der Waals surface area contributed by atoms with Crippen LogP contribution in [0, 0.1) is 5.41 Å². The number of carbonyl (C=O) groups excluding carboxylic acids is 16. The summed E-state index contributed by atoms with van der Waals surface area (Å²) in [6.45, 7) is 3.13. The second-order valence-corrected chi connectivity index (χ2v) is 28.7. The summed E-state index contributed by atoms with van der Waals surface area (Å²) in [5.41, 5.74) is 33.4. The average molecular weight is 1630 g/mol. The molecule has 0 saturated carbocycles. The summed E-state index contributed by atoms with van der Waals surface area (Å²) in [4.78, 5) is 239. The second kappa shape index (κ2) is 44.4. The van der Waals surface area contributed by atoms with E-state index in [-0.39, 0.29) is 51.6 Å². The van der Waals surface area contributed by atoms with Crippen LogP contribution in [0.25, 0.3) is 21.7 Å². The average Bonchev–Trinajstić information content (AvgIpc) is 1.79. The van der Waals surface area contributed by atoms with E-state index in [1.54, 1.807) is 84.9 Å². The molecule has 0 aliphatic carbocycles. The van der Waals surface area contributed by atoms with Crippen LogP contribution in [0.2, 0.25) is 0 Å². The van der Waals surface area contributed by atoms with Crippen molar-refractivity contribution in [1.82, 2.24) is 74.1 Å². The molecular formula is C76H103N21O20. The maximum atomic E-state index is 15.4. The van der Waals surface area contributed by atoms with E-state index in [4.69, 9.17) is 44.5 Å². The van der Waals surface area contributed by atoms with Crippen molar-refractivity contribution in [2.75, 3.05) is 20.2 Å². The minimum Gasteiger partial charge on any atom is -0.497 e. The van der Waals surface area contributed by atoms with Crippen LogP contribution in [-0.2, 0) is 101 Å². The van der Waals surface area contributed by atoms with Gasteiger partial charge in [-0.15, -0.1) is 0 Å². The third-order valence-corrected chi connectivity index (χ3v) is 18.8. The molecule has 0 spiro atoms. The van der Waals surface area contributed by atoms with Gasteiger partial charge in [0.2, 0.25) is 94.5 Å². The molecule has 1 fully saturated rings. The van der Waals surface area contributed by atoms with Gasteiger partial charge in [-0.3, -0.25) is 82.1 Å². The number of para-hydroxylation sites is 1. The first-order chi connectivity index (χ1) is 55.3. The van der Waals surface area contributed by atoms with Gasteiger partial charge in [0.1, 0.15) is 71.7 Å². The van der Waals surface area contributed by atoms with E-state index in [0.717, 1.165) is 12.3 Å². The first-order valence-electron chi connectivity index (χ1n) is 37.5. The lowest BCUT2D eigenvalue weighted by atomic mass is 9.97. The van der Waals surface area contributed by atoms with Crippen molar-refractivity contribution in [3.05, 3.63) is 114 Å². The molecule has 1 aliphatic rings. The van der Waals surface area contributed by atoms with E-state index in [0.29, 0.717) is 45.1 Å². The molecule has 1 aromatic heterocycles. The molecule has 12 atom stereocenters. The minimum absolute atomic E-state index is 0.0346. The first kappa shape index (κ1) is 92.5. The standard InChI is InChI=1S/C76H103N21O20/c1-38(98)62-72(113)93-53(33-43-37-86-47-16-10-9-14-45(43)47)68(109)87-48(23-25-57(78)99)64(105)88-50(27-29-85-75(82)83)66(107)90-51(31-39-18-21-44(117-4)22-19-39)67(108)91-52(32-40-17-20-41-12-7-8-13-42(41)30-40)71(112)97-76(2,3)74(116)95-49(65(106)92-54(34-58(79)100)69(110)94-56(73(114)115)36-60(81)102)24-26-61(103)84-28-11-5-6-15-46(77)63(104)89-55(35-59(80)101)70(111)96-62/h7-10,12-14,16-22,30,37-38,46,48-56,62,86,98H,5-6,11,15,23-29,31-36,77H2,1-4H3,(H2,78,99)(H2,79,100)(H2,80,101)(H2,81,102)(H,84,103)(H,87,109)(H,88,105)(H,89,104)(H,90,107)(H,91,108)(H,92,106)(H,93,113)(H,94,110)(H,95,116)(H,96,111)(H,97,112)(H,114,115)(H4,82,83,85)/t38-,46?,48+,49-,50+,51+,52+,53+,54+,55+,56+,62?/m1/s1. The molecule has 2 unspecified atom stereocenters. The van der Waals surface area contributed by atoms with Gasteiger partial charge in [0.05, 0.1) is 38.5 Å². The number of carboxylic acid groups (broad SMARTS) is 1. The Kier molecular flexibility index (Phi) is 35.1. The summed E-state index contributed by atoms with van der Waals surface area (Å²) in [6, 6.07) is 5.57. The molecule has 41 heteroatoms. The van der Waals surface area contributed by atoms with Crippen molar-refractivity contribution in [2.45, 2.75) is 195 Å². The molecule has 0 bridgehead atoms. The van der Waals surface area contributed by atoms with E-state index in [2.05, 4.69) is 68.8 Å². The smallest absolute Gasteiger partial charge is 0.326 e. The topological polar surface area (TPSA) is 692 Å². The molecule has 0 radical (unpaired) electrons. The van der Waals surface area contributed by atoms with Crippen LogP contribution in [0.15, 0.2) is 97.2 Å². The monoisotopic (exact) mass is 1630 g/mol. The van der Waals surface area contributed by atoms with Crippen LogP contribution in [0.5, 0.6) is 5.75 Å². The van der Waals surface area contributed by atoms with Crippen LogP contribution in [0.1, 0.15) is 115 Å². The van der Waals surface area contributed by atoms with E-state index < -0.39 is 236 Å². The number of aromatic nitrogens is 1. The molecule has 4 aromatic carbocycles. The Morgan fingerprint density at radius 2 is 1.14 bits per heavy atom. The lowest BCUT2D eigenvalue weighted by Gasteiger charge is -2.31. The number of primary amides is 4. The van der Waals surface area contributed by atoms with Gasteiger partial charge in [0.25, 0.3) is 0 Å². The van der Waals surface area contributed by atoms with Crippen molar-refractivity contribution in [1.29, 1.82) is 5.41 Å². The molecule has 1 saturated heterocycles. The van der Waals surface area contributed by atoms with Gasteiger partial charge in [-0.1, -0.05) is 85.6 Å². The number of nitrogens with two attached hydrogens (primary N) is 6. The number of carbonyl (C=O) groups is 17. The van der Waals surface area contributed by atoms with Gasteiger partial charge < -0.3 is 123 Å². The number of hydrogen-bond donors (Lipinski definition) is 23. The third kappa shape index (κ3) is 29.9. The zero-order valence-corrected chi connectivity index (χ0v) is 64.9. The summed E-state index contributed by atoms with van der Waals surface area (Å²) in [7, 11) is 1.40. The van der Waals surface area contributed by atoms with Crippen molar-refractivity contribution < 1.29 is 96.5 Å². The van der Waals surface area contributed by atoms with Crippen LogP contribution in [0.3, 0.4) is 0 Å². The normalized spacial score (nSPS) is 21.9. The maximum absolute atomic E-state index is 15.4. The number of carboxylic acids is 1. The number of rotatable bonds is 25. The Hall–Kier alpha value is -13.3. The van der Waals surface area contributed by atoms with Crippen LogP contribution in [-0.4, -0.2) is 220 Å². The second-order valence-electron chi connectivity index (χ2n) is 28.7. The van der Waals surface area contributed by atoms with Gasteiger partial charge in [-0.25, -0.2) is 4.79 Å². The number of aromatic amines is 1. The summed E-state index contributed by atoms with van der Waals surface area (Å²) >= 11 is 0. The number of ether oxygens (including phenoxy) is 1. The number of aliphatic hydroxyl groups is 1. The Morgan fingerprint density at radius 3 is 1.75 bits per heavy atom. The fraction of sp³-hybridized carbons (Fsp3) is 0.447. The quantitative estimate of drug-likeness (QED) is 0.0191. The van der Waals surface area contributed by atoms with Crippen molar-refractivity contribution >= 4 is 128 Å². The highest BCUT2D eigenvalue weighted by Gasteiger charge is 2.41. The van der Waals surface area contributed by atoms with Gasteiger partial charge in [0.15, 0.2) is 5.96 Å². The van der Waals surface area contributed by atoms with E-state index in [1.807, 2.05) is 11.4 Å². The Morgan fingerprint density at radius 1 is 0.581 bits per heavy atom. The number of amides is 16. The number of aliphatic carboxylic acids is 1. The zero-order chi connectivity index (χ0) is 86.4. The van der Waals surface area contributed by atoms with E-state index >= 15 is 19.2 Å². The Bertz CT molecular complexity index is 4480. The Balaban J connectivity index is 1.46. The number of methoxy groups -OCH3 is 1. The largest absolute Gasteiger partial charge is 0.497 e. The molecular weight excluding hydrogens is 1530 g/mol. The number of nitrogens with one attached hydrogen (secondary N) is 15. The van der Waals surface area contributed by atoms with E-state index in [9.17, 15) is 72.5 Å². The van der Waals surface area contributed by atoms with Gasteiger partial charge in [-0.05, 0) is 98.5 Å². The van der Waals surface area contributed by atoms with Crippen LogP contribution < -0.4 is 108 Å². The lowest BCUT2D eigenvalue weighted by molar-refractivity contribution is -0.144. The third-order valence-electron chi connectivity index (χ3n) is 18.8. The van der Waals surface area contributed by atoms with Gasteiger partial charge in [0, 0.05) is 62.3 Å². The molecule has 16 amide bonds. The van der Waals surface area contributed by atoms with Gasteiger partial charge in [-0.2, -0.15) is 0 Å². The predicted molar refractivity (Wildman–Crippen MR) is 420 cm³/mol. The summed E-state index contributed by atoms with van der Waals surface area (Å²) < 4.78 is 5.36. The number of fused-ring (bicyclic) bond motifs is 2. The fourth-order valence-electron chi connectivity index (χ4n) is 12.4. The molecule has 1 aliphatic heterocycles. The Labute approximate surface area is 670 Å². The van der Waals surface area contributed by atoms with Crippen LogP contribution in [0.4, 0.5) is 0 Å². The zero-order valence-electron chi connectivity index (χ0n) is 64.9. The molecule has 632 valence electrons. The lowest BCUT2D eigenvalue weighted by Crippen LogP contribution is -2.64. The highest BCUT2D eigenvalue weighted by Crippen LogP contribution is 2.22. The summed E-state index contributed by atoms with van der Waals surface area (Å²) in [6.07, 6.45) is -6.23. The van der Waals surface area contributed by atoms with Crippen LogP contribution >= 0.6 is 0 Å². The van der Waals surface area contributed by atoms with Gasteiger partial charge >= 0.3 is 5.97 Å². The van der Waals surface area contributed by atoms with Crippen molar-refractivity contribution in [3.8, 4) is 5.75 Å². The number of H-pyrrole nitrogens is 1. The molecule has 41 nitrogen and oxygen atoms in total. The number of guanidine groups is 1. The van der Waals surface area contributed by atoms with Crippen molar-refractivity contribution in [2.24, 2.45) is 34.4 Å². The number of hydrogen-bond acceptors (Lipinski definition) is 21. The molecule has 5 aromatic rings. The molecule has 29 N–H and O–H groups in total. The van der Waals surface area contributed by atoms with Crippen molar-refractivity contribution in [3.63, 3.8) is 0 Å². The number of benzene rings is 4. The summed E-state index contributed by atoms with van der Waals surface area (Å²) in [5.74, 6) is -19.8. The first-order valence-corrected chi connectivity index (χ1v) is 37.5. The molecule has 2 heterocycles. The highest BCUT2D eigenvalue weighted by atomic mass is 16.5. The fourth-order valence-corrected chi connectivity index (χ4v) is 12.4. The maximum Gasteiger partial charge on any atom is 0.326 e. The van der Waals surface area contributed by atoms with E-state index in [1.165, 1.54) is 27.2 Å².